The Labute approximate surface area is 172 Å². The highest BCUT2D eigenvalue weighted by atomic mass is 35.5. The Balaban J connectivity index is 1.78. The van der Waals surface area contributed by atoms with Crippen LogP contribution in [0.25, 0.3) is 0 Å². The first-order valence-corrected chi connectivity index (χ1v) is 9.95. The van der Waals surface area contributed by atoms with Crippen LogP contribution in [0.4, 0.5) is 5.13 Å². The van der Waals surface area contributed by atoms with Crippen LogP contribution >= 0.6 is 22.9 Å². The van der Waals surface area contributed by atoms with Crippen molar-refractivity contribution in [2.45, 2.75) is 39.5 Å². The second kappa shape index (κ2) is 7.85. The molecule has 0 atom stereocenters. The smallest absolute Gasteiger partial charge is 0.264 e. The van der Waals surface area contributed by atoms with Crippen molar-refractivity contribution in [3.63, 3.8) is 0 Å². The number of benzene rings is 1. The number of nitrogens with one attached hydrogen (secondary N) is 2. The van der Waals surface area contributed by atoms with Crippen LogP contribution < -0.4 is 10.9 Å². The summed E-state index contributed by atoms with van der Waals surface area (Å²) in [5.74, 6) is 0.0215. The molecule has 0 saturated carbocycles. The van der Waals surface area contributed by atoms with E-state index in [1.807, 2.05) is 45.0 Å². The minimum Gasteiger partial charge on any atom is -0.309 e. The lowest BCUT2D eigenvalue weighted by Crippen LogP contribution is -2.30. The van der Waals surface area contributed by atoms with Crippen LogP contribution in [0, 0.1) is 6.92 Å². The first kappa shape index (κ1) is 20.2. The molecule has 0 aliphatic carbocycles. The molecule has 0 radical (unpaired) electrons. The summed E-state index contributed by atoms with van der Waals surface area (Å²) in [7, 11) is 0. The van der Waals surface area contributed by atoms with Gasteiger partial charge < -0.3 is 4.98 Å². The van der Waals surface area contributed by atoms with Gasteiger partial charge in [0.05, 0.1) is 5.69 Å². The van der Waals surface area contributed by atoms with E-state index in [0.717, 1.165) is 10.4 Å². The van der Waals surface area contributed by atoms with E-state index in [-0.39, 0.29) is 11.0 Å². The molecule has 2 aromatic heterocycles. The molecule has 2 N–H and O–H groups in total. The van der Waals surface area contributed by atoms with E-state index in [1.54, 1.807) is 13.1 Å². The van der Waals surface area contributed by atoms with Crippen molar-refractivity contribution in [3.8, 4) is 0 Å². The summed E-state index contributed by atoms with van der Waals surface area (Å²) in [6.07, 6.45) is 2.32. The lowest BCUT2D eigenvalue weighted by Gasteiger charge is -2.18. The van der Waals surface area contributed by atoms with Crippen LogP contribution in [0.2, 0.25) is 5.02 Å². The van der Waals surface area contributed by atoms with Gasteiger partial charge in [0.2, 0.25) is 0 Å². The molecule has 0 unspecified atom stereocenters. The van der Waals surface area contributed by atoms with Crippen molar-refractivity contribution < 1.29 is 4.79 Å². The largest absolute Gasteiger partial charge is 0.309 e. The van der Waals surface area contributed by atoms with Gasteiger partial charge in [-0.3, -0.25) is 14.9 Å². The van der Waals surface area contributed by atoms with Gasteiger partial charge >= 0.3 is 0 Å². The van der Waals surface area contributed by atoms with E-state index >= 15 is 0 Å². The SMILES string of the molecule is Cc1nc(C(C)(C)C)[nH]c(=O)c1C(=O)Nc1ncc(Cc2ccccc2Cl)s1. The number of hydrogen-bond donors (Lipinski definition) is 2. The highest BCUT2D eigenvalue weighted by molar-refractivity contribution is 7.15. The van der Waals surface area contributed by atoms with Crippen LogP contribution in [0.3, 0.4) is 0 Å². The van der Waals surface area contributed by atoms with Gasteiger partial charge in [-0.15, -0.1) is 11.3 Å². The average molecular weight is 417 g/mol. The minimum atomic E-state index is -0.523. The normalized spacial score (nSPS) is 11.5. The molecule has 0 bridgehead atoms. The molecule has 2 heterocycles. The summed E-state index contributed by atoms with van der Waals surface area (Å²) >= 11 is 7.54. The molecular weight excluding hydrogens is 396 g/mol. The van der Waals surface area contributed by atoms with E-state index in [1.165, 1.54) is 11.3 Å². The molecule has 6 nitrogen and oxygen atoms in total. The fraction of sp³-hybridized carbons (Fsp3) is 0.300. The molecule has 0 fully saturated rings. The molecule has 0 aliphatic rings. The number of hydrogen-bond acceptors (Lipinski definition) is 5. The van der Waals surface area contributed by atoms with Crippen LogP contribution in [-0.2, 0) is 11.8 Å². The zero-order valence-electron chi connectivity index (χ0n) is 16.1. The molecule has 1 aromatic carbocycles. The molecule has 1 amide bonds. The predicted octanol–water partition coefficient (Wildman–Crippen LogP) is 4.33. The average Bonchev–Trinajstić information content (AvgIpc) is 3.02. The summed E-state index contributed by atoms with van der Waals surface area (Å²) in [5.41, 5.74) is 0.597. The van der Waals surface area contributed by atoms with E-state index in [2.05, 4.69) is 20.3 Å². The lowest BCUT2D eigenvalue weighted by molar-refractivity contribution is 0.102. The van der Waals surface area contributed by atoms with Crippen LogP contribution in [-0.4, -0.2) is 20.9 Å². The number of carbonyl (C=O) groups is 1. The van der Waals surface area contributed by atoms with Crippen molar-refractivity contribution in [1.82, 2.24) is 15.0 Å². The van der Waals surface area contributed by atoms with E-state index in [0.29, 0.717) is 28.1 Å². The second-order valence-electron chi connectivity index (χ2n) is 7.48. The summed E-state index contributed by atoms with van der Waals surface area (Å²) in [5, 5.41) is 3.80. The van der Waals surface area contributed by atoms with Gasteiger partial charge in [0.25, 0.3) is 11.5 Å². The Morgan fingerprint density at radius 1 is 1.29 bits per heavy atom. The summed E-state index contributed by atoms with van der Waals surface area (Å²) < 4.78 is 0. The molecule has 0 spiro atoms. The lowest BCUT2D eigenvalue weighted by atomic mass is 9.95. The van der Waals surface area contributed by atoms with Crippen LogP contribution in [0.15, 0.2) is 35.3 Å². The second-order valence-corrected chi connectivity index (χ2v) is 9.00. The third-order valence-corrected chi connectivity index (χ3v) is 5.42. The van der Waals surface area contributed by atoms with Crippen molar-refractivity contribution in [3.05, 3.63) is 73.4 Å². The van der Waals surface area contributed by atoms with E-state index in [9.17, 15) is 9.59 Å². The topological polar surface area (TPSA) is 87.7 Å². The standard InChI is InChI=1S/C20H21ClN4O2S/c1-11-15(16(26)24-18(23-11)20(2,3)4)17(27)25-19-22-10-13(28-19)9-12-7-5-6-8-14(12)21/h5-8,10H,9H2,1-4H3,(H,22,25,27)(H,23,24,26). The van der Waals surface area contributed by atoms with E-state index < -0.39 is 11.5 Å². The number of aromatic nitrogens is 3. The molecule has 28 heavy (non-hydrogen) atoms. The van der Waals surface area contributed by atoms with Crippen molar-refractivity contribution in [2.75, 3.05) is 5.32 Å². The summed E-state index contributed by atoms with van der Waals surface area (Å²) in [6, 6.07) is 7.59. The maximum atomic E-state index is 12.6. The Bertz CT molecular complexity index is 1080. The fourth-order valence-electron chi connectivity index (χ4n) is 2.64. The number of halogens is 1. The Hall–Kier alpha value is -2.51. The first-order chi connectivity index (χ1) is 13.1. The molecular formula is C20H21ClN4O2S. The molecule has 146 valence electrons. The molecule has 0 saturated heterocycles. The van der Waals surface area contributed by atoms with Crippen molar-refractivity contribution in [1.29, 1.82) is 0 Å². The number of carbonyl (C=O) groups excluding carboxylic acids is 1. The number of thiazole rings is 1. The Morgan fingerprint density at radius 2 is 2.00 bits per heavy atom. The Morgan fingerprint density at radius 3 is 2.64 bits per heavy atom. The molecule has 3 aromatic rings. The quantitative estimate of drug-likeness (QED) is 0.662. The monoisotopic (exact) mass is 416 g/mol. The van der Waals surface area contributed by atoms with Gasteiger partial charge in [-0.05, 0) is 18.6 Å². The summed E-state index contributed by atoms with van der Waals surface area (Å²) in [6.45, 7) is 7.49. The predicted molar refractivity (Wildman–Crippen MR) is 113 cm³/mol. The molecule has 3 rings (SSSR count). The highest BCUT2D eigenvalue weighted by Gasteiger charge is 2.22. The number of amides is 1. The number of aryl methyl sites for hydroxylation is 1. The van der Waals surface area contributed by atoms with Gasteiger partial charge in [-0.25, -0.2) is 9.97 Å². The van der Waals surface area contributed by atoms with Crippen molar-refractivity contribution >= 4 is 34.0 Å². The zero-order chi connectivity index (χ0) is 20.5. The number of rotatable bonds is 4. The third-order valence-electron chi connectivity index (χ3n) is 4.13. The molecule has 8 heteroatoms. The van der Waals surface area contributed by atoms with Gasteiger partial charge in [0.15, 0.2) is 5.13 Å². The zero-order valence-corrected chi connectivity index (χ0v) is 17.7. The van der Waals surface area contributed by atoms with Crippen molar-refractivity contribution in [2.24, 2.45) is 0 Å². The highest BCUT2D eigenvalue weighted by Crippen LogP contribution is 2.25. The number of H-pyrrole nitrogens is 1. The van der Waals surface area contributed by atoms with Gasteiger partial charge in [0.1, 0.15) is 11.4 Å². The maximum absolute atomic E-state index is 12.6. The number of nitrogens with zero attached hydrogens (tertiary/aromatic N) is 2. The van der Waals surface area contributed by atoms with E-state index in [4.69, 9.17) is 11.6 Å². The van der Waals surface area contributed by atoms with Crippen LogP contribution in [0.5, 0.6) is 0 Å². The maximum Gasteiger partial charge on any atom is 0.264 e. The summed E-state index contributed by atoms with van der Waals surface area (Å²) in [4.78, 5) is 37.3. The van der Waals surface area contributed by atoms with Gasteiger partial charge in [-0.2, -0.15) is 0 Å². The van der Waals surface area contributed by atoms with Gasteiger partial charge in [0, 0.05) is 27.9 Å². The fourth-order valence-corrected chi connectivity index (χ4v) is 3.68. The Kier molecular flexibility index (Phi) is 5.67. The third kappa shape index (κ3) is 4.48. The first-order valence-electron chi connectivity index (χ1n) is 8.76. The minimum absolute atomic E-state index is 0.00384. The van der Waals surface area contributed by atoms with Gasteiger partial charge in [-0.1, -0.05) is 50.6 Å². The molecule has 0 aliphatic heterocycles. The number of anilines is 1. The van der Waals surface area contributed by atoms with Crippen LogP contribution in [0.1, 0.15) is 53.1 Å². The number of aromatic amines is 1.